The van der Waals surface area contributed by atoms with E-state index in [9.17, 15) is 14.7 Å². The molecule has 0 spiro atoms. The van der Waals surface area contributed by atoms with Crippen molar-refractivity contribution < 1.29 is 19.4 Å². The van der Waals surface area contributed by atoms with Crippen LogP contribution in [-0.2, 0) is 16.1 Å². The fourth-order valence-electron chi connectivity index (χ4n) is 3.56. The van der Waals surface area contributed by atoms with Gasteiger partial charge >= 0.3 is 5.97 Å². The van der Waals surface area contributed by atoms with E-state index in [4.69, 9.17) is 4.74 Å². The van der Waals surface area contributed by atoms with E-state index in [2.05, 4.69) is 12.2 Å². The minimum atomic E-state index is -0.860. The number of unbranched alkanes of at least 4 members (excludes halogenated alkanes) is 3. The molecule has 144 valence electrons. The molecule has 1 fully saturated rings. The maximum atomic E-state index is 12.5. The van der Waals surface area contributed by atoms with Gasteiger partial charge in [0.25, 0.3) is 0 Å². The van der Waals surface area contributed by atoms with Gasteiger partial charge in [-0.15, -0.1) is 0 Å². The van der Waals surface area contributed by atoms with E-state index < -0.39 is 17.8 Å². The van der Waals surface area contributed by atoms with Gasteiger partial charge in [-0.05, 0) is 25.3 Å². The SMILES string of the molecule is CCCCCCOc1ccccc1CNC(=O)C1CCCCC1C(=O)O. The third-order valence-corrected chi connectivity index (χ3v) is 5.10. The highest BCUT2D eigenvalue weighted by Gasteiger charge is 2.35. The molecule has 2 rings (SSSR count). The molecule has 0 heterocycles. The molecule has 1 aliphatic carbocycles. The number of rotatable bonds is 10. The Morgan fingerprint density at radius 1 is 1.12 bits per heavy atom. The lowest BCUT2D eigenvalue weighted by atomic mass is 9.78. The summed E-state index contributed by atoms with van der Waals surface area (Å²) in [6, 6.07) is 7.71. The van der Waals surface area contributed by atoms with Crippen LogP contribution in [0, 0.1) is 11.8 Å². The predicted molar refractivity (Wildman–Crippen MR) is 101 cm³/mol. The Bertz CT molecular complexity index is 587. The van der Waals surface area contributed by atoms with Crippen molar-refractivity contribution in [3.8, 4) is 5.75 Å². The van der Waals surface area contributed by atoms with Crippen LogP contribution in [0.1, 0.15) is 63.9 Å². The van der Waals surface area contributed by atoms with Crippen molar-refractivity contribution >= 4 is 11.9 Å². The van der Waals surface area contributed by atoms with E-state index in [1.165, 1.54) is 12.8 Å². The zero-order chi connectivity index (χ0) is 18.8. The molecule has 1 aliphatic rings. The second-order valence-corrected chi connectivity index (χ2v) is 7.07. The Morgan fingerprint density at radius 3 is 2.58 bits per heavy atom. The number of carbonyl (C=O) groups is 2. The van der Waals surface area contributed by atoms with Crippen molar-refractivity contribution in [1.82, 2.24) is 5.32 Å². The summed E-state index contributed by atoms with van der Waals surface area (Å²) < 4.78 is 5.88. The third-order valence-electron chi connectivity index (χ3n) is 5.10. The van der Waals surface area contributed by atoms with Gasteiger partial charge in [0.2, 0.25) is 5.91 Å². The van der Waals surface area contributed by atoms with Crippen molar-refractivity contribution in [3.05, 3.63) is 29.8 Å². The molecular formula is C21H31NO4. The van der Waals surface area contributed by atoms with Crippen LogP contribution in [0.4, 0.5) is 0 Å². The summed E-state index contributed by atoms with van der Waals surface area (Å²) in [5.41, 5.74) is 0.930. The Hall–Kier alpha value is -2.04. The lowest BCUT2D eigenvalue weighted by Gasteiger charge is -2.27. The second kappa shape index (κ2) is 10.8. The van der Waals surface area contributed by atoms with Gasteiger partial charge in [0.15, 0.2) is 0 Å². The quantitative estimate of drug-likeness (QED) is 0.614. The highest BCUT2D eigenvalue weighted by atomic mass is 16.5. The van der Waals surface area contributed by atoms with E-state index in [1.54, 1.807) is 0 Å². The highest BCUT2D eigenvalue weighted by molar-refractivity contribution is 5.84. The molecule has 2 atom stereocenters. The Labute approximate surface area is 156 Å². The van der Waals surface area contributed by atoms with Gasteiger partial charge in [-0.1, -0.05) is 57.2 Å². The molecule has 0 aliphatic heterocycles. The molecule has 0 saturated heterocycles. The van der Waals surface area contributed by atoms with Crippen molar-refractivity contribution in [2.75, 3.05) is 6.61 Å². The number of hydrogen-bond acceptors (Lipinski definition) is 3. The first-order chi connectivity index (χ1) is 12.6. The first kappa shape index (κ1) is 20.3. The number of carboxylic acids is 1. The van der Waals surface area contributed by atoms with Gasteiger partial charge in [-0.2, -0.15) is 0 Å². The number of carboxylic acid groups (broad SMARTS) is 1. The molecular weight excluding hydrogens is 330 g/mol. The van der Waals surface area contributed by atoms with Crippen LogP contribution in [0.2, 0.25) is 0 Å². The summed E-state index contributed by atoms with van der Waals surface area (Å²) in [6.45, 7) is 3.22. The normalized spacial score (nSPS) is 19.7. The fraction of sp³-hybridized carbons (Fsp3) is 0.619. The molecule has 5 heteroatoms. The zero-order valence-electron chi connectivity index (χ0n) is 15.7. The van der Waals surface area contributed by atoms with E-state index in [1.807, 2.05) is 24.3 Å². The van der Waals surface area contributed by atoms with Crippen LogP contribution in [0.15, 0.2) is 24.3 Å². The maximum absolute atomic E-state index is 12.5. The van der Waals surface area contributed by atoms with Crippen LogP contribution >= 0.6 is 0 Å². The number of ether oxygens (including phenoxy) is 1. The van der Waals surface area contributed by atoms with Gasteiger partial charge in [0.1, 0.15) is 5.75 Å². The predicted octanol–water partition coefficient (Wildman–Crippen LogP) is 4.15. The number of carbonyl (C=O) groups excluding carboxylic acids is 1. The lowest BCUT2D eigenvalue weighted by Crippen LogP contribution is -2.39. The largest absolute Gasteiger partial charge is 0.493 e. The Morgan fingerprint density at radius 2 is 1.85 bits per heavy atom. The van der Waals surface area contributed by atoms with E-state index in [0.717, 1.165) is 37.0 Å². The average molecular weight is 361 g/mol. The number of aliphatic carboxylic acids is 1. The van der Waals surface area contributed by atoms with Crippen molar-refractivity contribution in [1.29, 1.82) is 0 Å². The molecule has 0 aromatic heterocycles. The van der Waals surface area contributed by atoms with Crippen LogP contribution in [0.5, 0.6) is 5.75 Å². The molecule has 1 amide bonds. The summed E-state index contributed by atoms with van der Waals surface area (Å²) in [4.78, 5) is 23.9. The van der Waals surface area contributed by atoms with Gasteiger partial charge in [-0.25, -0.2) is 0 Å². The lowest BCUT2D eigenvalue weighted by molar-refractivity contribution is -0.148. The Balaban J connectivity index is 1.88. The summed E-state index contributed by atoms with van der Waals surface area (Å²) >= 11 is 0. The molecule has 5 nitrogen and oxygen atoms in total. The number of hydrogen-bond donors (Lipinski definition) is 2. The highest BCUT2D eigenvalue weighted by Crippen LogP contribution is 2.30. The number of para-hydroxylation sites is 1. The Kier molecular flexibility index (Phi) is 8.45. The summed E-state index contributed by atoms with van der Waals surface area (Å²) in [5, 5.41) is 12.3. The second-order valence-electron chi connectivity index (χ2n) is 7.07. The average Bonchev–Trinajstić information content (AvgIpc) is 2.66. The minimum absolute atomic E-state index is 0.158. The summed E-state index contributed by atoms with van der Waals surface area (Å²) in [6.07, 6.45) is 7.64. The van der Waals surface area contributed by atoms with Crippen LogP contribution < -0.4 is 10.1 Å². The summed E-state index contributed by atoms with van der Waals surface area (Å²) in [7, 11) is 0. The fourth-order valence-corrected chi connectivity index (χ4v) is 3.56. The van der Waals surface area contributed by atoms with E-state index >= 15 is 0 Å². The zero-order valence-corrected chi connectivity index (χ0v) is 15.7. The van der Waals surface area contributed by atoms with Crippen molar-refractivity contribution in [2.45, 2.75) is 64.8 Å². The van der Waals surface area contributed by atoms with Crippen LogP contribution in [-0.4, -0.2) is 23.6 Å². The standard InChI is InChI=1S/C21H31NO4/c1-2-3-4-9-14-26-19-13-8-5-10-16(19)15-22-20(23)17-11-6-7-12-18(17)21(24)25/h5,8,10,13,17-18H,2-4,6-7,9,11-12,14-15H2,1H3,(H,22,23)(H,24,25). The number of nitrogens with one attached hydrogen (secondary N) is 1. The summed E-state index contributed by atoms with van der Waals surface area (Å²) in [5.74, 6) is -1.21. The number of amides is 1. The molecule has 1 saturated carbocycles. The molecule has 1 aromatic carbocycles. The first-order valence-corrected chi connectivity index (χ1v) is 9.84. The molecule has 2 unspecified atom stereocenters. The van der Waals surface area contributed by atoms with Gasteiger partial charge in [0, 0.05) is 12.1 Å². The molecule has 0 radical (unpaired) electrons. The molecule has 0 bridgehead atoms. The topological polar surface area (TPSA) is 75.6 Å². The van der Waals surface area contributed by atoms with Crippen LogP contribution in [0.25, 0.3) is 0 Å². The number of benzene rings is 1. The maximum Gasteiger partial charge on any atom is 0.307 e. The molecule has 26 heavy (non-hydrogen) atoms. The van der Waals surface area contributed by atoms with Gasteiger partial charge in [-0.3, -0.25) is 9.59 Å². The van der Waals surface area contributed by atoms with E-state index in [0.29, 0.717) is 26.0 Å². The van der Waals surface area contributed by atoms with Crippen molar-refractivity contribution in [2.24, 2.45) is 11.8 Å². The third kappa shape index (κ3) is 6.04. The molecule has 1 aromatic rings. The molecule has 2 N–H and O–H groups in total. The first-order valence-electron chi connectivity index (χ1n) is 9.84. The monoisotopic (exact) mass is 361 g/mol. The van der Waals surface area contributed by atoms with E-state index in [-0.39, 0.29) is 5.91 Å². The minimum Gasteiger partial charge on any atom is -0.493 e. The van der Waals surface area contributed by atoms with Gasteiger partial charge < -0.3 is 15.2 Å². The smallest absolute Gasteiger partial charge is 0.307 e. The van der Waals surface area contributed by atoms with Crippen molar-refractivity contribution in [3.63, 3.8) is 0 Å². The van der Waals surface area contributed by atoms with Crippen LogP contribution in [0.3, 0.4) is 0 Å². The van der Waals surface area contributed by atoms with Gasteiger partial charge in [0.05, 0.1) is 18.4 Å².